The van der Waals surface area contributed by atoms with Gasteiger partial charge in [0.1, 0.15) is 23.1 Å². The van der Waals surface area contributed by atoms with Gasteiger partial charge in [-0.05, 0) is 88.6 Å². The van der Waals surface area contributed by atoms with Crippen LogP contribution in [0.15, 0.2) is 54.9 Å². The molecule has 3 fully saturated rings. The Hall–Kier alpha value is -4.42. The van der Waals surface area contributed by atoms with Gasteiger partial charge in [0, 0.05) is 29.5 Å². The summed E-state index contributed by atoms with van der Waals surface area (Å²) in [5.74, 6) is 3.23. The lowest BCUT2D eigenvalue weighted by molar-refractivity contribution is -0.0365. The summed E-state index contributed by atoms with van der Waals surface area (Å²) < 4.78 is 20.4. The van der Waals surface area contributed by atoms with Crippen molar-refractivity contribution in [2.75, 3.05) is 19.7 Å². The van der Waals surface area contributed by atoms with Crippen LogP contribution >= 0.6 is 0 Å². The first-order valence-electron chi connectivity index (χ1n) is 15.9. The van der Waals surface area contributed by atoms with E-state index in [9.17, 15) is 4.79 Å². The number of benzene rings is 2. The average molecular weight is 606 g/mol. The molecule has 1 amide bonds. The molecule has 4 aromatic rings. The normalized spacial score (nSPS) is 21.0. The first-order valence-corrected chi connectivity index (χ1v) is 15.9. The zero-order valence-corrected chi connectivity index (χ0v) is 26.2. The first-order chi connectivity index (χ1) is 21.7. The second kappa shape index (κ2) is 11.5. The van der Waals surface area contributed by atoms with Gasteiger partial charge in [-0.15, -0.1) is 6.42 Å². The summed E-state index contributed by atoms with van der Waals surface area (Å²) in [6.45, 7) is 7.48. The van der Waals surface area contributed by atoms with E-state index in [2.05, 4.69) is 29.1 Å². The maximum Gasteiger partial charge on any atom is 0.410 e. The highest BCUT2D eigenvalue weighted by atomic mass is 16.6. The standard InChI is InChI=1S/C36H39N5O4/c1-5-24-10-6-7-11-26(24)25-13-14-29-27(20-25)33(39-41(29)32-12-8-9-19-43-32)28-21-37-22-31(38-28)44-30-23-40(18-17-36(30)15-16-36)34(42)45-35(2,3)4/h1,6-7,10-11,13-14,20-22,30,32H,8-9,12,15-19,23H2,2-4H3. The van der Waals surface area contributed by atoms with Crippen molar-refractivity contribution in [1.82, 2.24) is 24.6 Å². The molecule has 2 atom stereocenters. The number of carbonyl (C=O) groups is 1. The van der Waals surface area contributed by atoms with Crippen molar-refractivity contribution >= 4 is 17.0 Å². The number of piperidine rings is 1. The fourth-order valence-corrected chi connectivity index (χ4v) is 6.55. The minimum Gasteiger partial charge on any atom is -0.471 e. The molecule has 2 aromatic heterocycles. The lowest BCUT2D eigenvalue weighted by atomic mass is 9.90. The monoisotopic (exact) mass is 605 g/mol. The van der Waals surface area contributed by atoms with Crippen LogP contribution in [0.5, 0.6) is 5.88 Å². The van der Waals surface area contributed by atoms with Gasteiger partial charge in [-0.25, -0.2) is 14.5 Å². The van der Waals surface area contributed by atoms with E-state index < -0.39 is 5.60 Å². The Morgan fingerprint density at radius 1 is 1.11 bits per heavy atom. The van der Waals surface area contributed by atoms with Crippen molar-refractivity contribution in [3.63, 3.8) is 0 Å². The topological polar surface area (TPSA) is 91.6 Å². The summed E-state index contributed by atoms with van der Waals surface area (Å²) in [5.41, 5.74) is 4.60. The van der Waals surface area contributed by atoms with E-state index >= 15 is 0 Å². The molecule has 1 aliphatic carbocycles. The number of terminal acetylenes is 1. The largest absolute Gasteiger partial charge is 0.471 e. The van der Waals surface area contributed by atoms with Gasteiger partial charge in [0.25, 0.3) is 0 Å². The number of ether oxygens (including phenoxy) is 3. The van der Waals surface area contributed by atoms with Gasteiger partial charge in [0.05, 0.1) is 24.5 Å². The summed E-state index contributed by atoms with van der Waals surface area (Å²) in [7, 11) is 0. The third-order valence-corrected chi connectivity index (χ3v) is 9.14. The van der Waals surface area contributed by atoms with Gasteiger partial charge in [-0.3, -0.25) is 4.98 Å². The van der Waals surface area contributed by atoms with Crippen LogP contribution in [0.2, 0.25) is 0 Å². The van der Waals surface area contributed by atoms with Gasteiger partial charge in [0.15, 0.2) is 6.23 Å². The SMILES string of the molecule is C#Cc1ccccc1-c1ccc2c(c1)c(-c1cncc(OC3CN(C(=O)OC(C)(C)C)CCC34CC4)n1)nn2C1CCCCO1. The van der Waals surface area contributed by atoms with E-state index in [4.69, 9.17) is 30.7 Å². The molecule has 7 rings (SSSR count). The molecule has 2 unspecified atom stereocenters. The number of nitrogens with zero attached hydrogens (tertiary/aromatic N) is 5. The van der Waals surface area contributed by atoms with Crippen molar-refractivity contribution in [1.29, 1.82) is 0 Å². The fourth-order valence-electron chi connectivity index (χ4n) is 6.55. The number of hydrogen-bond acceptors (Lipinski definition) is 7. The molecule has 0 N–H and O–H groups in total. The number of amides is 1. The molecular formula is C36H39N5O4. The van der Waals surface area contributed by atoms with Gasteiger partial charge < -0.3 is 19.1 Å². The average Bonchev–Trinajstić information content (AvgIpc) is 3.72. The molecule has 232 valence electrons. The Bertz CT molecular complexity index is 1770. The van der Waals surface area contributed by atoms with Crippen LogP contribution in [0.3, 0.4) is 0 Å². The van der Waals surface area contributed by atoms with Crippen LogP contribution in [0.1, 0.15) is 71.1 Å². The van der Waals surface area contributed by atoms with E-state index in [0.29, 0.717) is 37.0 Å². The van der Waals surface area contributed by atoms with E-state index in [1.807, 2.05) is 49.7 Å². The Kier molecular flexibility index (Phi) is 7.49. The maximum atomic E-state index is 12.9. The zero-order valence-electron chi connectivity index (χ0n) is 26.2. The van der Waals surface area contributed by atoms with Crippen LogP contribution < -0.4 is 4.74 Å². The number of likely N-dealkylation sites (tertiary alicyclic amines) is 1. The van der Waals surface area contributed by atoms with E-state index in [1.54, 1.807) is 17.3 Å². The third-order valence-electron chi connectivity index (χ3n) is 9.14. The number of hydrogen-bond donors (Lipinski definition) is 0. The lowest BCUT2D eigenvalue weighted by Crippen LogP contribution is -2.51. The molecule has 1 spiro atoms. The van der Waals surface area contributed by atoms with Crippen molar-refractivity contribution in [2.45, 2.75) is 77.2 Å². The quantitative estimate of drug-likeness (QED) is 0.226. The maximum absolute atomic E-state index is 12.9. The summed E-state index contributed by atoms with van der Waals surface area (Å²) >= 11 is 0. The highest BCUT2D eigenvalue weighted by Gasteiger charge is 2.54. The van der Waals surface area contributed by atoms with Crippen molar-refractivity contribution in [2.24, 2.45) is 5.41 Å². The molecule has 1 saturated carbocycles. The first kappa shape index (κ1) is 29.3. The highest BCUT2D eigenvalue weighted by Crippen LogP contribution is 2.55. The summed E-state index contributed by atoms with van der Waals surface area (Å²) in [6.07, 6.45) is 14.6. The second-order valence-corrected chi connectivity index (χ2v) is 13.4. The summed E-state index contributed by atoms with van der Waals surface area (Å²) in [6, 6.07) is 14.2. The van der Waals surface area contributed by atoms with E-state index in [-0.39, 0.29) is 23.8 Å². The minimum atomic E-state index is -0.556. The molecule has 0 radical (unpaired) electrons. The second-order valence-electron chi connectivity index (χ2n) is 13.4. The zero-order chi connectivity index (χ0) is 31.2. The Morgan fingerprint density at radius 2 is 1.96 bits per heavy atom. The number of aromatic nitrogens is 4. The smallest absolute Gasteiger partial charge is 0.410 e. The van der Waals surface area contributed by atoms with E-state index in [1.165, 1.54) is 0 Å². The minimum absolute atomic E-state index is 0.0577. The van der Waals surface area contributed by atoms with Crippen LogP contribution in [0.4, 0.5) is 4.79 Å². The van der Waals surface area contributed by atoms with E-state index in [0.717, 1.165) is 66.1 Å². The molecule has 2 aliphatic heterocycles. The fraction of sp³-hybridized carbons (Fsp3) is 0.444. The molecular weight excluding hydrogens is 566 g/mol. The Balaban J connectivity index is 1.23. The van der Waals surface area contributed by atoms with Crippen molar-refractivity contribution in [3.8, 4) is 40.7 Å². The van der Waals surface area contributed by atoms with Crippen LogP contribution in [0.25, 0.3) is 33.4 Å². The lowest BCUT2D eigenvalue weighted by Gasteiger charge is -2.39. The van der Waals surface area contributed by atoms with Crippen molar-refractivity contribution in [3.05, 3.63) is 60.4 Å². The third kappa shape index (κ3) is 5.87. The van der Waals surface area contributed by atoms with Crippen LogP contribution in [0, 0.1) is 17.8 Å². The Morgan fingerprint density at radius 3 is 2.71 bits per heavy atom. The molecule has 9 heteroatoms. The van der Waals surface area contributed by atoms with Gasteiger partial charge in [-0.2, -0.15) is 5.10 Å². The Labute approximate surface area is 263 Å². The molecule has 3 aliphatic rings. The number of fused-ring (bicyclic) bond motifs is 1. The summed E-state index contributed by atoms with van der Waals surface area (Å²) in [5, 5.41) is 6.02. The molecule has 2 aromatic carbocycles. The number of rotatable bonds is 5. The number of carbonyl (C=O) groups excluding carboxylic acids is 1. The van der Waals surface area contributed by atoms with Crippen molar-refractivity contribution < 1.29 is 19.0 Å². The summed E-state index contributed by atoms with van der Waals surface area (Å²) in [4.78, 5) is 24.1. The van der Waals surface area contributed by atoms with Gasteiger partial charge in [-0.1, -0.05) is 30.2 Å². The highest BCUT2D eigenvalue weighted by molar-refractivity contribution is 5.96. The molecule has 9 nitrogen and oxygen atoms in total. The predicted molar refractivity (Wildman–Crippen MR) is 171 cm³/mol. The van der Waals surface area contributed by atoms with Gasteiger partial charge in [0.2, 0.25) is 5.88 Å². The molecule has 2 saturated heterocycles. The predicted octanol–water partition coefficient (Wildman–Crippen LogP) is 7.01. The molecule has 45 heavy (non-hydrogen) atoms. The van der Waals surface area contributed by atoms with Crippen LogP contribution in [-0.4, -0.2) is 62.1 Å². The molecule has 4 heterocycles. The van der Waals surface area contributed by atoms with Crippen LogP contribution in [-0.2, 0) is 9.47 Å². The van der Waals surface area contributed by atoms with Gasteiger partial charge >= 0.3 is 6.09 Å². The molecule has 0 bridgehead atoms.